The molecule has 0 radical (unpaired) electrons. The SMILES string of the molecule is O=C(c1ccoc1)N1CC[C@@H]2O[C@@H](COCC3CCOCC3)CC[C@@H]21. The van der Waals surface area contributed by atoms with E-state index in [1.165, 1.54) is 6.26 Å². The number of rotatable bonds is 5. The van der Waals surface area contributed by atoms with E-state index in [2.05, 4.69) is 0 Å². The van der Waals surface area contributed by atoms with Crippen molar-refractivity contribution in [1.29, 1.82) is 0 Å². The van der Waals surface area contributed by atoms with Crippen molar-refractivity contribution in [1.82, 2.24) is 4.90 Å². The van der Waals surface area contributed by atoms with Crippen molar-refractivity contribution in [3.63, 3.8) is 0 Å². The quantitative estimate of drug-likeness (QED) is 0.817. The summed E-state index contributed by atoms with van der Waals surface area (Å²) in [4.78, 5) is 14.5. The van der Waals surface area contributed by atoms with Crippen LogP contribution in [0, 0.1) is 5.92 Å². The van der Waals surface area contributed by atoms with Crippen LogP contribution in [0.4, 0.5) is 0 Å². The Morgan fingerprint density at radius 2 is 2.04 bits per heavy atom. The van der Waals surface area contributed by atoms with Crippen LogP contribution in [0.2, 0.25) is 0 Å². The van der Waals surface area contributed by atoms with Crippen LogP contribution in [-0.2, 0) is 14.2 Å². The maximum absolute atomic E-state index is 12.6. The van der Waals surface area contributed by atoms with Gasteiger partial charge < -0.3 is 23.5 Å². The first-order valence-electron chi connectivity index (χ1n) is 9.45. The van der Waals surface area contributed by atoms with E-state index in [0.29, 0.717) is 18.1 Å². The fourth-order valence-electron chi connectivity index (χ4n) is 4.20. The van der Waals surface area contributed by atoms with Gasteiger partial charge >= 0.3 is 0 Å². The lowest BCUT2D eigenvalue weighted by Crippen LogP contribution is -2.46. The molecule has 4 heterocycles. The summed E-state index contributed by atoms with van der Waals surface area (Å²) >= 11 is 0. The Bertz CT molecular complexity index is 554. The fraction of sp³-hybridized carbons (Fsp3) is 0.737. The molecule has 1 aromatic rings. The van der Waals surface area contributed by atoms with Crippen LogP contribution in [0.5, 0.6) is 0 Å². The van der Waals surface area contributed by atoms with Gasteiger partial charge in [-0.2, -0.15) is 0 Å². The third-order valence-corrected chi connectivity index (χ3v) is 5.66. The van der Waals surface area contributed by atoms with E-state index in [1.54, 1.807) is 12.3 Å². The number of fused-ring (bicyclic) bond motifs is 1. The van der Waals surface area contributed by atoms with Crippen molar-refractivity contribution in [3.05, 3.63) is 24.2 Å². The molecule has 0 spiro atoms. The van der Waals surface area contributed by atoms with Crippen LogP contribution in [0.1, 0.15) is 42.5 Å². The molecule has 3 atom stereocenters. The molecular weight excluding hydrogens is 322 g/mol. The zero-order valence-electron chi connectivity index (χ0n) is 14.6. The van der Waals surface area contributed by atoms with E-state index in [1.807, 2.05) is 4.90 Å². The molecule has 0 aliphatic carbocycles. The van der Waals surface area contributed by atoms with Crippen molar-refractivity contribution in [2.24, 2.45) is 5.92 Å². The van der Waals surface area contributed by atoms with Gasteiger partial charge in [0.05, 0.1) is 36.7 Å². The smallest absolute Gasteiger partial charge is 0.257 e. The number of carbonyl (C=O) groups is 1. The topological polar surface area (TPSA) is 61.1 Å². The minimum Gasteiger partial charge on any atom is -0.472 e. The second kappa shape index (κ2) is 7.89. The normalized spacial score (nSPS) is 30.4. The highest BCUT2D eigenvalue weighted by molar-refractivity contribution is 5.94. The first-order chi connectivity index (χ1) is 12.3. The summed E-state index contributed by atoms with van der Waals surface area (Å²) in [5, 5.41) is 0. The van der Waals surface area contributed by atoms with Crippen LogP contribution in [0.3, 0.4) is 0 Å². The zero-order chi connectivity index (χ0) is 17.1. The van der Waals surface area contributed by atoms with Crippen LogP contribution >= 0.6 is 0 Å². The summed E-state index contributed by atoms with van der Waals surface area (Å²) in [5.41, 5.74) is 0.627. The Morgan fingerprint density at radius 1 is 1.16 bits per heavy atom. The van der Waals surface area contributed by atoms with Crippen molar-refractivity contribution < 1.29 is 23.4 Å². The number of carbonyl (C=O) groups excluding carboxylic acids is 1. The van der Waals surface area contributed by atoms with E-state index < -0.39 is 0 Å². The molecule has 138 valence electrons. The highest BCUT2D eigenvalue weighted by atomic mass is 16.5. The Kier molecular flexibility index (Phi) is 5.39. The van der Waals surface area contributed by atoms with Gasteiger partial charge in [-0.15, -0.1) is 0 Å². The molecular formula is C19H27NO5. The molecule has 1 aromatic heterocycles. The predicted octanol–water partition coefficient (Wildman–Crippen LogP) is 2.48. The zero-order valence-corrected chi connectivity index (χ0v) is 14.6. The number of amides is 1. The van der Waals surface area contributed by atoms with Gasteiger partial charge in [0, 0.05) is 26.4 Å². The van der Waals surface area contributed by atoms with Gasteiger partial charge in [0.15, 0.2) is 0 Å². The summed E-state index contributed by atoms with van der Waals surface area (Å²) in [6.45, 7) is 3.95. The molecule has 0 N–H and O–H groups in total. The second-order valence-corrected chi connectivity index (χ2v) is 7.33. The minimum atomic E-state index is 0.0547. The number of hydrogen-bond acceptors (Lipinski definition) is 5. The third-order valence-electron chi connectivity index (χ3n) is 5.66. The Morgan fingerprint density at radius 3 is 2.84 bits per heavy atom. The molecule has 3 aliphatic rings. The van der Waals surface area contributed by atoms with Gasteiger partial charge in [0.25, 0.3) is 5.91 Å². The van der Waals surface area contributed by atoms with E-state index >= 15 is 0 Å². The molecule has 3 saturated heterocycles. The minimum absolute atomic E-state index is 0.0547. The maximum Gasteiger partial charge on any atom is 0.257 e. The Hall–Kier alpha value is -1.37. The highest BCUT2D eigenvalue weighted by Gasteiger charge is 2.42. The summed E-state index contributed by atoms with van der Waals surface area (Å²) in [6, 6.07) is 1.92. The molecule has 4 rings (SSSR count). The largest absolute Gasteiger partial charge is 0.472 e. The van der Waals surface area contributed by atoms with Crippen LogP contribution in [-0.4, -0.2) is 62.0 Å². The Labute approximate surface area is 148 Å². The number of likely N-dealkylation sites (tertiary alicyclic amines) is 1. The first-order valence-corrected chi connectivity index (χ1v) is 9.45. The van der Waals surface area contributed by atoms with E-state index in [9.17, 15) is 4.79 Å². The molecule has 6 heteroatoms. The van der Waals surface area contributed by atoms with E-state index in [4.69, 9.17) is 18.6 Å². The van der Waals surface area contributed by atoms with Crippen molar-refractivity contribution in [2.45, 2.75) is 50.4 Å². The van der Waals surface area contributed by atoms with Gasteiger partial charge in [-0.3, -0.25) is 4.79 Å². The predicted molar refractivity (Wildman–Crippen MR) is 90.4 cm³/mol. The van der Waals surface area contributed by atoms with Gasteiger partial charge in [-0.05, 0) is 44.1 Å². The van der Waals surface area contributed by atoms with Crippen molar-refractivity contribution in [2.75, 3.05) is 33.0 Å². The van der Waals surface area contributed by atoms with Gasteiger partial charge in [0.1, 0.15) is 6.26 Å². The second-order valence-electron chi connectivity index (χ2n) is 7.33. The van der Waals surface area contributed by atoms with Gasteiger partial charge in [-0.1, -0.05) is 0 Å². The molecule has 0 saturated carbocycles. The number of nitrogens with zero attached hydrogens (tertiary/aromatic N) is 1. The standard InChI is InChI=1S/C19H27NO5/c21-19(15-6-10-23-12-15)20-7-3-18-17(20)2-1-16(25-18)13-24-11-14-4-8-22-9-5-14/h6,10,12,14,16-18H,1-5,7-9,11,13H2/t16-,17+,18+/m1/s1. The van der Waals surface area contributed by atoms with E-state index in [0.717, 1.165) is 58.5 Å². The van der Waals surface area contributed by atoms with Crippen LogP contribution in [0.15, 0.2) is 23.0 Å². The maximum atomic E-state index is 12.6. The van der Waals surface area contributed by atoms with Gasteiger partial charge in [-0.25, -0.2) is 0 Å². The van der Waals surface area contributed by atoms with Crippen LogP contribution < -0.4 is 0 Å². The fourth-order valence-corrected chi connectivity index (χ4v) is 4.20. The van der Waals surface area contributed by atoms with Crippen molar-refractivity contribution in [3.8, 4) is 0 Å². The molecule has 25 heavy (non-hydrogen) atoms. The summed E-state index contributed by atoms with van der Waals surface area (Å²) in [7, 11) is 0. The Balaban J connectivity index is 1.23. The molecule has 6 nitrogen and oxygen atoms in total. The highest BCUT2D eigenvalue weighted by Crippen LogP contribution is 2.32. The summed E-state index contributed by atoms with van der Waals surface area (Å²) in [5.74, 6) is 0.679. The molecule has 3 aliphatic heterocycles. The first kappa shape index (κ1) is 17.1. The molecule has 1 amide bonds. The molecule has 0 unspecified atom stereocenters. The number of furan rings is 1. The lowest BCUT2D eigenvalue weighted by atomic mass is 9.99. The van der Waals surface area contributed by atoms with Crippen molar-refractivity contribution >= 4 is 5.91 Å². The molecule has 0 aromatic carbocycles. The number of ether oxygens (including phenoxy) is 3. The van der Waals surface area contributed by atoms with E-state index in [-0.39, 0.29) is 24.2 Å². The summed E-state index contributed by atoms with van der Waals surface area (Å²) < 4.78 is 22.6. The van der Waals surface area contributed by atoms with Crippen LogP contribution in [0.25, 0.3) is 0 Å². The third kappa shape index (κ3) is 3.91. The average Bonchev–Trinajstić information content (AvgIpc) is 3.32. The average molecular weight is 349 g/mol. The lowest BCUT2D eigenvalue weighted by molar-refractivity contribution is -0.102. The summed E-state index contributed by atoms with van der Waals surface area (Å²) in [6.07, 6.45) is 8.40. The van der Waals surface area contributed by atoms with Gasteiger partial charge in [0.2, 0.25) is 0 Å². The number of hydrogen-bond donors (Lipinski definition) is 0. The molecule has 3 fully saturated rings. The molecule has 0 bridgehead atoms. The lowest BCUT2D eigenvalue weighted by Gasteiger charge is -2.36. The monoisotopic (exact) mass is 349 g/mol.